The Bertz CT molecular complexity index is 467. The smallest absolute Gasteiger partial charge is 0.225 e. The first-order valence-electron chi connectivity index (χ1n) is 5.23. The molecule has 0 unspecified atom stereocenters. The van der Waals surface area contributed by atoms with E-state index in [0.717, 1.165) is 16.7 Å². The van der Waals surface area contributed by atoms with E-state index in [9.17, 15) is 0 Å². The number of anilines is 1. The van der Waals surface area contributed by atoms with Gasteiger partial charge in [0.05, 0.1) is 0 Å². The van der Waals surface area contributed by atoms with Crippen LogP contribution in [0.4, 0.5) is 5.13 Å². The largest absolute Gasteiger partial charge is 0.358 e. The molecule has 17 heavy (non-hydrogen) atoms. The standard InChI is InChI=1S/C11H13ClN4S/c1-11(2,7-13-10-14-15-16-17-10)8-3-5-9(12)6-4-8/h3-6H,7H2,1-2H3,(H,13,14,16). The average Bonchev–Trinajstić information content (AvgIpc) is 2.80. The molecule has 1 N–H and O–H groups in total. The van der Waals surface area contributed by atoms with Gasteiger partial charge in [0.25, 0.3) is 0 Å². The normalized spacial score (nSPS) is 11.5. The van der Waals surface area contributed by atoms with Crippen molar-refractivity contribution in [3.8, 4) is 0 Å². The minimum absolute atomic E-state index is 0.00371. The first-order valence-corrected chi connectivity index (χ1v) is 6.38. The Labute approximate surface area is 109 Å². The summed E-state index contributed by atoms with van der Waals surface area (Å²) < 4.78 is 3.71. The summed E-state index contributed by atoms with van der Waals surface area (Å²) in [6.07, 6.45) is 0. The Balaban J connectivity index is 2.05. The quantitative estimate of drug-likeness (QED) is 0.926. The van der Waals surface area contributed by atoms with Crippen molar-refractivity contribution < 1.29 is 0 Å². The van der Waals surface area contributed by atoms with Crippen LogP contribution >= 0.6 is 23.1 Å². The molecule has 2 rings (SSSR count). The molecule has 0 saturated carbocycles. The lowest BCUT2D eigenvalue weighted by Crippen LogP contribution is -2.27. The Hall–Kier alpha value is -1.20. The topological polar surface area (TPSA) is 50.7 Å². The van der Waals surface area contributed by atoms with Crippen molar-refractivity contribution in [1.82, 2.24) is 14.8 Å². The Morgan fingerprint density at radius 3 is 2.59 bits per heavy atom. The molecule has 0 aliphatic heterocycles. The molecular formula is C11H13ClN4S. The van der Waals surface area contributed by atoms with Crippen molar-refractivity contribution in [1.29, 1.82) is 0 Å². The maximum atomic E-state index is 5.88. The van der Waals surface area contributed by atoms with E-state index >= 15 is 0 Å². The van der Waals surface area contributed by atoms with E-state index in [1.54, 1.807) is 0 Å². The van der Waals surface area contributed by atoms with Crippen LogP contribution in [0, 0.1) is 0 Å². The summed E-state index contributed by atoms with van der Waals surface area (Å²) in [7, 11) is 0. The number of nitrogens with one attached hydrogen (secondary N) is 1. The van der Waals surface area contributed by atoms with E-state index in [1.165, 1.54) is 17.1 Å². The highest BCUT2D eigenvalue weighted by Gasteiger charge is 2.20. The molecule has 6 heteroatoms. The van der Waals surface area contributed by atoms with E-state index in [-0.39, 0.29) is 5.41 Å². The molecule has 1 heterocycles. The molecule has 90 valence electrons. The van der Waals surface area contributed by atoms with Gasteiger partial charge in [0, 0.05) is 28.5 Å². The molecule has 0 bridgehead atoms. The first kappa shape index (κ1) is 12.3. The fraction of sp³-hybridized carbons (Fsp3) is 0.364. The molecule has 0 fully saturated rings. The third-order valence-corrected chi connectivity index (χ3v) is 3.41. The van der Waals surface area contributed by atoms with Crippen molar-refractivity contribution >= 4 is 28.3 Å². The number of hydrogen-bond acceptors (Lipinski definition) is 5. The van der Waals surface area contributed by atoms with Crippen molar-refractivity contribution in [2.75, 3.05) is 11.9 Å². The SMILES string of the molecule is CC(C)(CNc1nnns1)c1ccc(Cl)cc1. The second-order valence-corrected chi connectivity index (χ2v) is 5.58. The van der Waals surface area contributed by atoms with Gasteiger partial charge in [-0.2, -0.15) is 0 Å². The summed E-state index contributed by atoms with van der Waals surface area (Å²) in [5.41, 5.74) is 1.22. The Morgan fingerprint density at radius 2 is 2.00 bits per heavy atom. The van der Waals surface area contributed by atoms with Gasteiger partial charge in [-0.15, -0.1) is 0 Å². The van der Waals surface area contributed by atoms with Crippen LogP contribution in [-0.4, -0.2) is 21.3 Å². The van der Waals surface area contributed by atoms with Crippen LogP contribution in [0.25, 0.3) is 0 Å². The molecule has 1 aromatic heterocycles. The molecule has 0 aliphatic rings. The zero-order valence-electron chi connectivity index (χ0n) is 9.64. The number of rotatable bonds is 4. The number of hydrogen-bond donors (Lipinski definition) is 1. The van der Waals surface area contributed by atoms with Gasteiger partial charge in [-0.05, 0) is 22.9 Å². The van der Waals surface area contributed by atoms with Crippen LogP contribution in [0.5, 0.6) is 0 Å². The highest BCUT2D eigenvalue weighted by atomic mass is 35.5. The number of benzene rings is 1. The Kier molecular flexibility index (Phi) is 3.59. The van der Waals surface area contributed by atoms with E-state index in [2.05, 4.69) is 34.0 Å². The van der Waals surface area contributed by atoms with Gasteiger partial charge in [0.15, 0.2) is 0 Å². The van der Waals surface area contributed by atoms with Crippen molar-refractivity contribution in [3.05, 3.63) is 34.9 Å². The fourth-order valence-corrected chi connectivity index (χ4v) is 1.99. The van der Waals surface area contributed by atoms with Gasteiger partial charge in [-0.25, -0.2) is 0 Å². The van der Waals surface area contributed by atoms with E-state index in [0.29, 0.717) is 0 Å². The minimum Gasteiger partial charge on any atom is -0.358 e. The summed E-state index contributed by atoms with van der Waals surface area (Å²) in [6, 6.07) is 7.90. The number of nitrogens with zero attached hydrogens (tertiary/aromatic N) is 3. The minimum atomic E-state index is -0.00371. The highest BCUT2D eigenvalue weighted by molar-refractivity contribution is 7.09. The van der Waals surface area contributed by atoms with Crippen LogP contribution in [0.3, 0.4) is 0 Å². The molecule has 0 saturated heterocycles. The van der Waals surface area contributed by atoms with Gasteiger partial charge in [0.2, 0.25) is 5.13 Å². The summed E-state index contributed by atoms with van der Waals surface area (Å²) in [5, 5.41) is 12.1. The predicted molar refractivity (Wildman–Crippen MR) is 70.7 cm³/mol. The summed E-state index contributed by atoms with van der Waals surface area (Å²) in [5.74, 6) is 0. The van der Waals surface area contributed by atoms with Crippen LogP contribution in [0.2, 0.25) is 5.02 Å². The number of aromatic nitrogens is 3. The molecule has 0 atom stereocenters. The number of halogens is 1. The lowest BCUT2D eigenvalue weighted by atomic mass is 9.85. The molecule has 1 aromatic carbocycles. The van der Waals surface area contributed by atoms with E-state index < -0.39 is 0 Å². The van der Waals surface area contributed by atoms with Crippen LogP contribution < -0.4 is 5.32 Å². The molecule has 4 nitrogen and oxygen atoms in total. The van der Waals surface area contributed by atoms with Crippen molar-refractivity contribution in [2.45, 2.75) is 19.3 Å². The molecule has 0 radical (unpaired) electrons. The zero-order chi connectivity index (χ0) is 12.3. The maximum absolute atomic E-state index is 5.88. The molecule has 0 aliphatic carbocycles. The highest BCUT2D eigenvalue weighted by Crippen LogP contribution is 2.25. The molecular weight excluding hydrogens is 256 g/mol. The van der Waals surface area contributed by atoms with Gasteiger partial charge in [-0.3, -0.25) is 0 Å². The average molecular weight is 269 g/mol. The summed E-state index contributed by atoms with van der Waals surface area (Å²) in [4.78, 5) is 0. The first-order chi connectivity index (χ1) is 8.08. The van der Waals surface area contributed by atoms with Crippen LogP contribution in [0.1, 0.15) is 19.4 Å². The third kappa shape index (κ3) is 3.14. The van der Waals surface area contributed by atoms with Gasteiger partial charge in [-0.1, -0.05) is 47.2 Å². The second kappa shape index (κ2) is 4.98. The predicted octanol–water partition coefficient (Wildman–Crippen LogP) is 2.98. The lowest BCUT2D eigenvalue weighted by molar-refractivity contribution is 0.556. The molecule has 0 amide bonds. The van der Waals surface area contributed by atoms with Crippen molar-refractivity contribution in [2.24, 2.45) is 0 Å². The van der Waals surface area contributed by atoms with Crippen molar-refractivity contribution in [3.63, 3.8) is 0 Å². The van der Waals surface area contributed by atoms with E-state index in [4.69, 9.17) is 11.6 Å². The van der Waals surface area contributed by atoms with Crippen LogP contribution in [0.15, 0.2) is 24.3 Å². The molecule has 0 spiro atoms. The van der Waals surface area contributed by atoms with Crippen LogP contribution in [-0.2, 0) is 5.41 Å². The molecule has 2 aromatic rings. The third-order valence-electron chi connectivity index (χ3n) is 2.61. The summed E-state index contributed by atoms with van der Waals surface area (Å²) in [6.45, 7) is 5.10. The zero-order valence-corrected chi connectivity index (χ0v) is 11.2. The second-order valence-electron chi connectivity index (χ2n) is 4.41. The lowest BCUT2D eigenvalue weighted by Gasteiger charge is -2.25. The van der Waals surface area contributed by atoms with E-state index in [1.807, 2.05) is 24.3 Å². The monoisotopic (exact) mass is 268 g/mol. The van der Waals surface area contributed by atoms with Gasteiger partial charge < -0.3 is 5.32 Å². The fourth-order valence-electron chi connectivity index (χ4n) is 1.50. The van der Waals surface area contributed by atoms with Gasteiger partial charge >= 0.3 is 0 Å². The maximum Gasteiger partial charge on any atom is 0.225 e. The Morgan fingerprint density at radius 1 is 1.29 bits per heavy atom. The van der Waals surface area contributed by atoms with Gasteiger partial charge in [0.1, 0.15) is 0 Å². The summed E-state index contributed by atoms with van der Waals surface area (Å²) >= 11 is 7.14.